The summed E-state index contributed by atoms with van der Waals surface area (Å²) >= 11 is 3.42. The summed E-state index contributed by atoms with van der Waals surface area (Å²) in [6, 6.07) is 18.2. The van der Waals surface area contributed by atoms with E-state index in [1.165, 1.54) is 10.7 Å². The number of halogens is 1. The molecule has 0 fully saturated rings. The summed E-state index contributed by atoms with van der Waals surface area (Å²) in [7, 11) is 0. The van der Waals surface area contributed by atoms with Gasteiger partial charge < -0.3 is 5.32 Å². The Labute approximate surface area is 153 Å². The minimum Gasteiger partial charge on any atom is -0.324 e. The number of benzene rings is 2. The highest BCUT2D eigenvalue weighted by Crippen LogP contribution is 2.20. The van der Waals surface area contributed by atoms with Crippen molar-refractivity contribution in [3.8, 4) is 11.3 Å². The number of aryl methyl sites for hydroxylation is 1. The van der Waals surface area contributed by atoms with Crippen LogP contribution < -0.4 is 10.9 Å². The van der Waals surface area contributed by atoms with E-state index in [9.17, 15) is 9.59 Å². The van der Waals surface area contributed by atoms with Gasteiger partial charge in [-0.1, -0.05) is 40.2 Å². The SMILES string of the molecule is Cc1cccc(NC(=O)Cn2nc(-c3cccc(Br)c3)ccc2=O)c1. The molecular formula is C19H16BrN3O2. The molecule has 0 saturated carbocycles. The molecule has 1 N–H and O–H groups in total. The molecule has 1 aromatic heterocycles. The first-order valence-corrected chi connectivity index (χ1v) is 8.51. The summed E-state index contributed by atoms with van der Waals surface area (Å²) < 4.78 is 2.09. The van der Waals surface area contributed by atoms with Gasteiger partial charge in [0.05, 0.1) is 5.69 Å². The van der Waals surface area contributed by atoms with Gasteiger partial charge in [0.2, 0.25) is 5.91 Å². The number of carbonyl (C=O) groups is 1. The van der Waals surface area contributed by atoms with E-state index in [-0.39, 0.29) is 18.0 Å². The molecule has 0 aliphatic carbocycles. The van der Waals surface area contributed by atoms with Crippen molar-refractivity contribution in [2.75, 3.05) is 5.32 Å². The Kier molecular flexibility index (Phi) is 5.09. The topological polar surface area (TPSA) is 64.0 Å². The molecule has 0 aliphatic rings. The Hall–Kier alpha value is -2.73. The lowest BCUT2D eigenvalue weighted by Crippen LogP contribution is -2.29. The number of hydrogen-bond acceptors (Lipinski definition) is 3. The second-order valence-electron chi connectivity index (χ2n) is 5.64. The summed E-state index contributed by atoms with van der Waals surface area (Å²) in [5, 5.41) is 7.09. The summed E-state index contributed by atoms with van der Waals surface area (Å²) in [5.41, 5.74) is 2.91. The number of amides is 1. The number of anilines is 1. The summed E-state index contributed by atoms with van der Waals surface area (Å²) in [6.07, 6.45) is 0. The van der Waals surface area contributed by atoms with Crippen molar-refractivity contribution in [1.82, 2.24) is 9.78 Å². The van der Waals surface area contributed by atoms with Gasteiger partial charge in [-0.3, -0.25) is 9.59 Å². The van der Waals surface area contributed by atoms with Crippen LogP contribution in [0.25, 0.3) is 11.3 Å². The quantitative estimate of drug-likeness (QED) is 0.730. The molecule has 1 amide bonds. The maximum Gasteiger partial charge on any atom is 0.267 e. The maximum atomic E-state index is 12.2. The molecule has 0 spiro atoms. The molecule has 2 aromatic carbocycles. The molecule has 25 heavy (non-hydrogen) atoms. The number of nitrogens with one attached hydrogen (secondary N) is 1. The van der Waals surface area contributed by atoms with Crippen LogP contribution in [-0.4, -0.2) is 15.7 Å². The molecule has 0 radical (unpaired) electrons. The Bertz CT molecular complexity index is 982. The highest BCUT2D eigenvalue weighted by Gasteiger charge is 2.09. The van der Waals surface area contributed by atoms with E-state index in [2.05, 4.69) is 26.3 Å². The van der Waals surface area contributed by atoms with Gasteiger partial charge in [0, 0.05) is 21.8 Å². The van der Waals surface area contributed by atoms with Crippen LogP contribution in [0.2, 0.25) is 0 Å². The first kappa shape index (κ1) is 17.1. The van der Waals surface area contributed by atoms with Gasteiger partial charge in [0.1, 0.15) is 6.54 Å². The molecule has 0 saturated heterocycles. The van der Waals surface area contributed by atoms with Crippen LogP contribution in [0.1, 0.15) is 5.56 Å². The fraction of sp³-hybridized carbons (Fsp3) is 0.105. The third kappa shape index (κ3) is 4.42. The average Bonchev–Trinajstić information content (AvgIpc) is 2.57. The fourth-order valence-electron chi connectivity index (χ4n) is 2.42. The van der Waals surface area contributed by atoms with Crippen LogP contribution in [0.3, 0.4) is 0 Å². The molecule has 126 valence electrons. The zero-order chi connectivity index (χ0) is 17.8. The lowest BCUT2D eigenvalue weighted by atomic mass is 10.1. The van der Waals surface area contributed by atoms with E-state index in [4.69, 9.17) is 0 Å². The minimum absolute atomic E-state index is 0.144. The van der Waals surface area contributed by atoms with E-state index >= 15 is 0 Å². The van der Waals surface area contributed by atoms with E-state index in [0.717, 1.165) is 15.6 Å². The first-order chi connectivity index (χ1) is 12.0. The van der Waals surface area contributed by atoms with Crippen molar-refractivity contribution in [2.45, 2.75) is 13.5 Å². The Morgan fingerprint density at radius 1 is 1.12 bits per heavy atom. The van der Waals surface area contributed by atoms with Gasteiger partial charge in [-0.25, -0.2) is 4.68 Å². The summed E-state index contributed by atoms with van der Waals surface area (Å²) in [4.78, 5) is 24.3. The standard InChI is InChI=1S/C19H16BrN3O2/c1-13-4-2-7-16(10-13)21-18(24)12-23-19(25)9-8-17(22-23)14-5-3-6-15(20)11-14/h2-11H,12H2,1H3,(H,21,24). The van der Waals surface area contributed by atoms with Crippen LogP contribution >= 0.6 is 15.9 Å². The zero-order valence-corrected chi connectivity index (χ0v) is 15.2. The molecule has 6 heteroatoms. The first-order valence-electron chi connectivity index (χ1n) is 7.72. The molecule has 1 heterocycles. The molecule has 0 atom stereocenters. The van der Waals surface area contributed by atoms with Gasteiger partial charge in [-0.15, -0.1) is 0 Å². The van der Waals surface area contributed by atoms with E-state index in [0.29, 0.717) is 11.4 Å². The molecule has 3 aromatic rings. The van der Waals surface area contributed by atoms with Crippen LogP contribution in [0.5, 0.6) is 0 Å². The third-order valence-electron chi connectivity index (χ3n) is 3.58. The molecular weight excluding hydrogens is 382 g/mol. The fourth-order valence-corrected chi connectivity index (χ4v) is 2.82. The maximum absolute atomic E-state index is 12.2. The normalized spacial score (nSPS) is 10.5. The van der Waals surface area contributed by atoms with Crippen molar-refractivity contribution >= 4 is 27.5 Å². The second kappa shape index (κ2) is 7.44. The van der Waals surface area contributed by atoms with E-state index in [1.54, 1.807) is 12.1 Å². The average molecular weight is 398 g/mol. The molecule has 0 bridgehead atoms. The number of hydrogen-bond donors (Lipinski definition) is 1. The van der Waals surface area contributed by atoms with Gasteiger partial charge in [-0.05, 0) is 42.8 Å². The minimum atomic E-state index is -0.321. The second-order valence-corrected chi connectivity index (χ2v) is 6.56. The molecule has 0 aliphatic heterocycles. The number of aromatic nitrogens is 2. The predicted molar refractivity (Wildman–Crippen MR) is 101 cm³/mol. The predicted octanol–water partition coefficient (Wildman–Crippen LogP) is 3.62. The van der Waals surface area contributed by atoms with Crippen molar-refractivity contribution in [3.63, 3.8) is 0 Å². The Balaban J connectivity index is 1.81. The van der Waals surface area contributed by atoms with Gasteiger partial charge >= 0.3 is 0 Å². The monoisotopic (exact) mass is 397 g/mol. The molecule has 0 unspecified atom stereocenters. The largest absolute Gasteiger partial charge is 0.324 e. The van der Waals surface area contributed by atoms with Crippen molar-refractivity contribution in [3.05, 3.63) is 81.1 Å². The van der Waals surface area contributed by atoms with E-state index in [1.807, 2.05) is 49.4 Å². The molecule has 5 nitrogen and oxygen atoms in total. The van der Waals surface area contributed by atoms with Gasteiger partial charge in [-0.2, -0.15) is 5.10 Å². The number of nitrogens with zero attached hydrogens (tertiary/aromatic N) is 2. The van der Waals surface area contributed by atoms with Crippen molar-refractivity contribution in [2.24, 2.45) is 0 Å². The van der Waals surface area contributed by atoms with Crippen LogP contribution in [0.15, 0.2) is 69.9 Å². The highest BCUT2D eigenvalue weighted by molar-refractivity contribution is 9.10. The van der Waals surface area contributed by atoms with Crippen LogP contribution in [0, 0.1) is 6.92 Å². The van der Waals surface area contributed by atoms with Gasteiger partial charge in [0.15, 0.2) is 0 Å². The lowest BCUT2D eigenvalue weighted by molar-refractivity contribution is -0.117. The summed E-state index contributed by atoms with van der Waals surface area (Å²) in [5.74, 6) is -0.299. The van der Waals surface area contributed by atoms with Crippen molar-refractivity contribution in [1.29, 1.82) is 0 Å². The highest BCUT2D eigenvalue weighted by atomic mass is 79.9. The Morgan fingerprint density at radius 2 is 1.92 bits per heavy atom. The number of carbonyl (C=O) groups excluding carboxylic acids is 1. The van der Waals surface area contributed by atoms with Crippen LogP contribution in [-0.2, 0) is 11.3 Å². The number of rotatable bonds is 4. The third-order valence-corrected chi connectivity index (χ3v) is 4.08. The summed E-state index contributed by atoms with van der Waals surface area (Å²) in [6.45, 7) is 1.80. The van der Waals surface area contributed by atoms with E-state index < -0.39 is 0 Å². The lowest BCUT2D eigenvalue weighted by Gasteiger charge is -2.09. The molecule has 3 rings (SSSR count). The Morgan fingerprint density at radius 3 is 2.68 bits per heavy atom. The zero-order valence-electron chi connectivity index (χ0n) is 13.6. The van der Waals surface area contributed by atoms with Crippen LogP contribution in [0.4, 0.5) is 5.69 Å². The van der Waals surface area contributed by atoms with Crippen molar-refractivity contribution < 1.29 is 4.79 Å². The van der Waals surface area contributed by atoms with Gasteiger partial charge in [0.25, 0.3) is 5.56 Å². The smallest absolute Gasteiger partial charge is 0.267 e.